The van der Waals surface area contributed by atoms with Crippen molar-refractivity contribution in [2.45, 2.75) is 58.6 Å². The molecule has 4 heteroatoms. The van der Waals surface area contributed by atoms with Crippen molar-refractivity contribution in [2.24, 2.45) is 5.92 Å². The van der Waals surface area contributed by atoms with Crippen molar-refractivity contribution in [1.82, 2.24) is 5.32 Å². The Morgan fingerprint density at radius 2 is 2.06 bits per heavy atom. The summed E-state index contributed by atoms with van der Waals surface area (Å²) in [5, 5.41) is 3.22. The molecule has 1 saturated heterocycles. The first-order valence-electron chi connectivity index (χ1n) is 6.96. The number of piperidine rings is 1. The van der Waals surface area contributed by atoms with E-state index in [9.17, 15) is 4.79 Å². The number of hydrogen-bond acceptors (Lipinski definition) is 4. The summed E-state index contributed by atoms with van der Waals surface area (Å²) in [7, 11) is 0. The Labute approximate surface area is 110 Å². The molecule has 0 aliphatic carbocycles. The minimum atomic E-state index is -0.178. The summed E-state index contributed by atoms with van der Waals surface area (Å²) in [6.07, 6.45) is 3.20. The molecule has 2 atom stereocenters. The predicted molar refractivity (Wildman–Crippen MR) is 71.5 cm³/mol. The Morgan fingerprint density at radius 1 is 1.33 bits per heavy atom. The molecule has 1 aliphatic rings. The van der Waals surface area contributed by atoms with Crippen molar-refractivity contribution < 1.29 is 14.3 Å². The summed E-state index contributed by atoms with van der Waals surface area (Å²) in [5.74, 6) is 0.514. The number of esters is 1. The van der Waals surface area contributed by atoms with Gasteiger partial charge in [0.2, 0.25) is 0 Å². The highest BCUT2D eigenvalue weighted by molar-refractivity contribution is 5.75. The second kappa shape index (κ2) is 7.10. The molecule has 2 unspecified atom stereocenters. The number of hydrogen-bond donors (Lipinski definition) is 1. The molecule has 1 N–H and O–H groups in total. The van der Waals surface area contributed by atoms with E-state index in [4.69, 9.17) is 9.47 Å². The van der Waals surface area contributed by atoms with Crippen molar-refractivity contribution in [3.8, 4) is 0 Å². The van der Waals surface area contributed by atoms with Crippen LogP contribution < -0.4 is 5.32 Å². The van der Waals surface area contributed by atoms with Gasteiger partial charge in [-0.05, 0) is 46.1 Å². The van der Waals surface area contributed by atoms with E-state index in [1.54, 1.807) is 0 Å². The SMILES string of the molecule is CCC1CCNC(C(=O)OCCOC(C)(C)C)C1. The molecule has 0 aromatic rings. The lowest BCUT2D eigenvalue weighted by atomic mass is 9.90. The van der Waals surface area contributed by atoms with Gasteiger partial charge in [0.15, 0.2) is 0 Å². The zero-order valence-corrected chi connectivity index (χ0v) is 12.1. The molecule has 0 saturated carbocycles. The highest BCUT2D eigenvalue weighted by Gasteiger charge is 2.26. The van der Waals surface area contributed by atoms with Crippen LogP contribution in [0.25, 0.3) is 0 Å². The highest BCUT2D eigenvalue weighted by Crippen LogP contribution is 2.19. The van der Waals surface area contributed by atoms with Gasteiger partial charge < -0.3 is 14.8 Å². The Bertz CT molecular complexity index is 260. The van der Waals surface area contributed by atoms with Gasteiger partial charge in [-0.1, -0.05) is 13.3 Å². The molecule has 0 radical (unpaired) electrons. The minimum absolute atomic E-state index is 0.127. The lowest BCUT2D eigenvalue weighted by Crippen LogP contribution is -2.44. The normalized spacial score (nSPS) is 24.9. The largest absolute Gasteiger partial charge is 0.462 e. The first kappa shape index (κ1) is 15.4. The fourth-order valence-electron chi connectivity index (χ4n) is 2.14. The summed E-state index contributed by atoms with van der Waals surface area (Å²) >= 11 is 0. The van der Waals surface area contributed by atoms with Crippen LogP contribution in [0.1, 0.15) is 47.0 Å². The Balaban J connectivity index is 2.20. The minimum Gasteiger partial charge on any atom is -0.462 e. The van der Waals surface area contributed by atoms with E-state index >= 15 is 0 Å². The van der Waals surface area contributed by atoms with Crippen LogP contribution in [0.3, 0.4) is 0 Å². The molecule has 0 amide bonds. The van der Waals surface area contributed by atoms with Crippen LogP contribution in [0.4, 0.5) is 0 Å². The van der Waals surface area contributed by atoms with Crippen molar-refractivity contribution in [3.63, 3.8) is 0 Å². The van der Waals surface area contributed by atoms with Crippen molar-refractivity contribution >= 4 is 5.97 Å². The summed E-state index contributed by atoms with van der Waals surface area (Å²) in [6.45, 7) is 9.85. The van der Waals surface area contributed by atoms with E-state index < -0.39 is 0 Å². The average Bonchev–Trinajstić information content (AvgIpc) is 2.33. The number of carbonyl (C=O) groups excluding carboxylic acids is 1. The van der Waals surface area contributed by atoms with E-state index in [0.717, 1.165) is 25.8 Å². The third-order valence-electron chi connectivity index (χ3n) is 3.24. The van der Waals surface area contributed by atoms with Crippen LogP contribution in [0, 0.1) is 5.92 Å². The van der Waals surface area contributed by atoms with Gasteiger partial charge in [-0.2, -0.15) is 0 Å². The summed E-state index contributed by atoms with van der Waals surface area (Å²) in [5.41, 5.74) is -0.178. The fraction of sp³-hybridized carbons (Fsp3) is 0.929. The Kier molecular flexibility index (Phi) is 6.09. The van der Waals surface area contributed by atoms with Gasteiger partial charge in [0.05, 0.1) is 12.2 Å². The Hall–Kier alpha value is -0.610. The van der Waals surface area contributed by atoms with Gasteiger partial charge in [0.25, 0.3) is 0 Å². The van der Waals surface area contributed by atoms with Crippen LogP contribution in [0.5, 0.6) is 0 Å². The standard InChI is InChI=1S/C14H27NO3/c1-5-11-6-7-15-12(10-11)13(16)17-8-9-18-14(2,3)4/h11-12,15H,5-10H2,1-4H3. The summed E-state index contributed by atoms with van der Waals surface area (Å²) in [4.78, 5) is 11.8. The average molecular weight is 257 g/mol. The molecule has 1 aliphatic heterocycles. The van der Waals surface area contributed by atoms with Gasteiger partial charge >= 0.3 is 5.97 Å². The zero-order valence-electron chi connectivity index (χ0n) is 12.1. The molecule has 106 valence electrons. The number of nitrogens with one attached hydrogen (secondary N) is 1. The van der Waals surface area contributed by atoms with Crippen molar-refractivity contribution in [2.75, 3.05) is 19.8 Å². The van der Waals surface area contributed by atoms with E-state index in [1.807, 2.05) is 20.8 Å². The monoisotopic (exact) mass is 257 g/mol. The van der Waals surface area contributed by atoms with E-state index in [1.165, 1.54) is 0 Å². The Morgan fingerprint density at radius 3 is 2.67 bits per heavy atom. The maximum Gasteiger partial charge on any atom is 0.323 e. The van der Waals surface area contributed by atoms with E-state index in [2.05, 4.69) is 12.2 Å². The van der Waals surface area contributed by atoms with Crippen LogP contribution >= 0.6 is 0 Å². The second-order valence-electron chi connectivity index (χ2n) is 5.93. The van der Waals surface area contributed by atoms with Crippen molar-refractivity contribution in [3.05, 3.63) is 0 Å². The molecule has 0 spiro atoms. The fourth-order valence-corrected chi connectivity index (χ4v) is 2.14. The topological polar surface area (TPSA) is 47.6 Å². The third kappa shape index (κ3) is 5.83. The number of rotatable bonds is 5. The van der Waals surface area contributed by atoms with E-state index in [-0.39, 0.29) is 17.6 Å². The molecule has 18 heavy (non-hydrogen) atoms. The first-order chi connectivity index (χ1) is 8.42. The smallest absolute Gasteiger partial charge is 0.323 e. The summed E-state index contributed by atoms with van der Waals surface area (Å²) < 4.78 is 10.8. The molecular weight excluding hydrogens is 230 g/mol. The van der Waals surface area contributed by atoms with Gasteiger partial charge in [-0.25, -0.2) is 0 Å². The zero-order chi connectivity index (χ0) is 13.6. The highest BCUT2D eigenvalue weighted by atomic mass is 16.6. The predicted octanol–water partition coefficient (Wildman–Crippen LogP) is 2.12. The quantitative estimate of drug-likeness (QED) is 0.605. The van der Waals surface area contributed by atoms with Gasteiger partial charge in [-0.15, -0.1) is 0 Å². The molecule has 1 fully saturated rings. The van der Waals surface area contributed by atoms with Gasteiger partial charge in [-0.3, -0.25) is 4.79 Å². The van der Waals surface area contributed by atoms with Gasteiger partial charge in [0.1, 0.15) is 12.6 Å². The lowest BCUT2D eigenvalue weighted by Gasteiger charge is -2.28. The van der Waals surface area contributed by atoms with E-state index in [0.29, 0.717) is 19.1 Å². The van der Waals surface area contributed by atoms with Crippen LogP contribution in [0.15, 0.2) is 0 Å². The lowest BCUT2D eigenvalue weighted by molar-refractivity contribution is -0.150. The number of carbonyl (C=O) groups is 1. The second-order valence-corrected chi connectivity index (χ2v) is 5.93. The van der Waals surface area contributed by atoms with Crippen LogP contribution in [-0.2, 0) is 14.3 Å². The van der Waals surface area contributed by atoms with Crippen LogP contribution in [-0.4, -0.2) is 37.4 Å². The maximum absolute atomic E-state index is 11.8. The van der Waals surface area contributed by atoms with Crippen LogP contribution in [0.2, 0.25) is 0 Å². The maximum atomic E-state index is 11.8. The van der Waals surface area contributed by atoms with Crippen molar-refractivity contribution in [1.29, 1.82) is 0 Å². The molecular formula is C14H27NO3. The molecule has 0 bridgehead atoms. The molecule has 0 aromatic heterocycles. The number of ether oxygens (including phenoxy) is 2. The summed E-state index contributed by atoms with van der Waals surface area (Å²) in [6, 6.07) is -0.127. The van der Waals surface area contributed by atoms with Gasteiger partial charge in [0, 0.05) is 0 Å². The molecule has 1 heterocycles. The third-order valence-corrected chi connectivity index (χ3v) is 3.24. The molecule has 0 aromatic carbocycles. The first-order valence-corrected chi connectivity index (χ1v) is 6.96. The molecule has 4 nitrogen and oxygen atoms in total. The molecule has 1 rings (SSSR count).